The SMILES string of the molecule is CCC/C=C\CCCCCCCC/C=C/[C@@H](O)[C@H](CO)NC(=O)CCC/C=C\C/C=C\C/C=C\C=C\C(=O)CCCCC. The molecule has 0 aromatic heterocycles. The molecule has 0 radical (unpaired) electrons. The molecule has 0 spiro atoms. The Morgan fingerprint density at radius 3 is 1.93 bits per heavy atom. The smallest absolute Gasteiger partial charge is 0.220 e. The lowest BCUT2D eigenvalue weighted by Crippen LogP contribution is -2.45. The Morgan fingerprint density at radius 1 is 0.628 bits per heavy atom. The third-order valence-corrected chi connectivity index (χ3v) is 7.11. The molecule has 2 atom stereocenters. The van der Waals surface area contributed by atoms with Gasteiger partial charge in [-0.1, -0.05) is 126 Å². The van der Waals surface area contributed by atoms with E-state index >= 15 is 0 Å². The number of hydrogen-bond donors (Lipinski definition) is 3. The van der Waals surface area contributed by atoms with Gasteiger partial charge >= 0.3 is 0 Å². The predicted octanol–water partition coefficient (Wildman–Crippen LogP) is 9.18. The maximum absolute atomic E-state index is 12.3. The van der Waals surface area contributed by atoms with Crippen LogP contribution in [0.2, 0.25) is 0 Å². The summed E-state index contributed by atoms with van der Waals surface area (Å²) in [6.45, 7) is 4.05. The molecule has 0 saturated heterocycles. The van der Waals surface area contributed by atoms with Crippen molar-refractivity contribution in [3.8, 4) is 0 Å². The van der Waals surface area contributed by atoms with E-state index in [0.29, 0.717) is 12.8 Å². The number of amides is 1. The summed E-state index contributed by atoms with van der Waals surface area (Å²) in [5.41, 5.74) is 0. The topological polar surface area (TPSA) is 86.6 Å². The van der Waals surface area contributed by atoms with Crippen molar-refractivity contribution in [3.05, 3.63) is 72.9 Å². The monoisotopic (exact) mass is 597 g/mol. The van der Waals surface area contributed by atoms with Gasteiger partial charge in [0.25, 0.3) is 0 Å². The van der Waals surface area contributed by atoms with E-state index in [1.54, 1.807) is 12.2 Å². The van der Waals surface area contributed by atoms with Gasteiger partial charge in [-0.3, -0.25) is 9.59 Å². The minimum atomic E-state index is -0.884. The van der Waals surface area contributed by atoms with Crippen LogP contribution in [0.3, 0.4) is 0 Å². The van der Waals surface area contributed by atoms with Crippen LogP contribution in [0.4, 0.5) is 0 Å². The van der Waals surface area contributed by atoms with E-state index in [1.165, 1.54) is 51.4 Å². The summed E-state index contributed by atoms with van der Waals surface area (Å²) in [6.07, 6.45) is 42.4. The third-order valence-electron chi connectivity index (χ3n) is 7.11. The van der Waals surface area contributed by atoms with Crippen LogP contribution in [0.1, 0.15) is 136 Å². The van der Waals surface area contributed by atoms with Crippen LogP contribution in [-0.2, 0) is 9.59 Å². The molecule has 0 bridgehead atoms. The van der Waals surface area contributed by atoms with Crippen LogP contribution in [0.15, 0.2) is 72.9 Å². The number of rotatable bonds is 29. The second-order valence-corrected chi connectivity index (χ2v) is 11.3. The van der Waals surface area contributed by atoms with Gasteiger partial charge in [-0.15, -0.1) is 0 Å². The molecule has 0 aliphatic carbocycles. The van der Waals surface area contributed by atoms with Crippen molar-refractivity contribution in [3.63, 3.8) is 0 Å². The Bertz CT molecular complexity index is 837. The summed E-state index contributed by atoms with van der Waals surface area (Å²) in [6, 6.07) is -0.674. The number of aliphatic hydroxyl groups excluding tert-OH is 2. The fraction of sp³-hybridized carbons (Fsp3) is 0.632. The predicted molar refractivity (Wildman–Crippen MR) is 184 cm³/mol. The maximum Gasteiger partial charge on any atom is 0.220 e. The fourth-order valence-corrected chi connectivity index (χ4v) is 4.42. The highest BCUT2D eigenvalue weighted by atomic mass is 16.3. The molecule has 0 aliphatic rings. The molecule has 244 valence electrons. The molecule has 0 fully saturated rings. The number of ketones is 1. The van der Waals surface area contributed by atoms with E-state index in [0.717, 1.165) is 57.8 Å². The quantitative estimate of drug-likeness (QED) is 0.0347. The average molecular weight is 598 g/mol. The van der Waals surface area contributed by atoms with Crippen LogP contribution in [0.25, 0.3) is 0 Å². The minimum absolute atomic E-state index is 0.149. The van der Waals surface area contributed by atoms with Gasteiger partial charge in [0.05, 0.1) is 18.8 Å². The first-order valence-corrected chi connectivity index (χ1v) is 17.1. The van der Waals surface area contributed by atoms with Gasteiger partial charge in [0, 0.05) is 12.8 Å². The second kappa shape index (κ2) is 32.4. The van der Waals surface area contributed by atoms with E-state index in [-0.39, 0.29) is 18.3 Å². The van der Waals surface area contributed by atoms with Gasteiger partial charge in [-0.05, 0) is 70.3 Å². The van der Waals surface area contributed by atoms with E-state index in [1.807, 2.05) is 24.3 Å². The highest BCUT2D eigenvalue weighted by Gasteiger charge is 2.17. The zero-order valence-corrected chi connectivity index (χ0v) is 27.4. The first-order valence-electron chi connectivity index (χ1n) is 17.1. The molecule has 0 heterocycles. The molecule has 3 N–H and O–H groups in total. The molecule has 0 aromatic rings. The normalized spacial score (nSPS) is 14.0. The Hall–Kier alpha value is -2.50. The van der Waals surface area contributed by atoms with Crippen molar-refractivity contribution in [2.24, 2.45) is 0 Å². The summed E-state index contributed by atoms with van der Waals surface area (Å²) < 4.78 is 0. The Morgan fingerprint density at radius 2 is 1.23 bits per heavy atom. The lowest BCUT2D eigenvalue weighted by Gasteiger charge is -2.19. The summed E-state index contributed by atoms with van der Waals surface area (Å²) in [5.74, 6) is 0.0438. The lowest BCUT2D eigenvalue weighted by atomic mass is 10.1. The number of hydrogen-bond acceptors (Lipinski definition) is 4. The molecule has 5 heteroatoms. The second-order valence-electron chi connectivity index (χ2n) is 11.3. The standard InChI is InChI=1S/C38H63NO4/c1-3-5-7-8-9-10-11-12-15-18-21-24-28-32-37(42)36(34-40)39-38(43)33-29-25-22-19-16-13-14-17-20-23-27-31-35(41)30-26-6-4-2/h7-8,13-14,19-20,22-23,27-28,31-32,36-37,40,42H,3-6,9-12,15-18,21,24-26,29-30,33-34H2,1-2H3,(H,39,43)/b8-7-,14-13-,22-19-,23-20-,31-27+,32-28+/t36-,37+/m0/s1. The van der Waals surface area contributed by atoms with E-state index in [2.05, 4.69) is 55.6 Å². The Labute approximate surface area is 264 Å². The lowest BCUT2D eigenvalue weighted by molar-refractivity contribution is -0.123. The van der Waals surface area contributed by atoms with E-state index in [4.69, 9.17) is 0 Å². The van der Waals surface area contributed by atoms with Crippen molar-refractivity contribution in [1.29, 1.82) is 0 Å². The van der Waals surface area contributed by atoms with Crippen molar-refractivity contribution in [2.45, 2.75) is 148 Å². The number of allylic oxidation sites excluding steroid dienone is 11. The van der Waals surface area contributed by atoms with Crippen LogP contribution >= 0.6 is 0 Å². The first-order chi connectivity index (χ1) is 21.0. The highest BCUT2D eigenvalue weighted by molar-refractivity contribution is 5.89. The Balaban J connectivity index is 3.88. The van der Waals surface area contributed by atoms with Gasteiger partial charge in [0.2, 0.25) is 5.91 Å². The molecule has 0 unspecified atom stereocenters. The average Bonchev–Trinajstić information content (AvgIpc) is 3.00. The van der Waals surface area contributed by atoms with E-state index in [9.17, 15) is 19.8 Å². The Kier molecular flexibility index (Phi) is 30.5. The molecule has 0 saturated carbocycles. The summed E-state index contributed by atoms with van der Waals surface area (Å²) >= 11 is 0. The molecule has 0 aliphatic heterocycles. The van der Waals surface area contributed by atoms with Crippen molar-refractivity contribution >= 4 is 11.7 Å². The summed E-state index contributed by atoms with van der Waals surface area (Å²) in [5, 5.41) is 22.7. The van der Waals surface area contributed by atoms with Crippen molar-refractivity contribution in [2.75, 3.05) is 6.61 Å². The third kappa shape index (κ3) is 29.4. The highest BCUT2D eigenvalue weighted by Crippen LogP contribution is 2.10. The first kappa shape index (κ1) is 40.5. The van der Waals surface area contributed by atoms with Crippen LogP contribution in [0, 0.1) is 0 Å². The van der Waals surface area contributed by atoms with Crippen molar-refractivity contribution in [1.82, 2.24) is 5.32 Å². The van der Waals surface area contributed by atoms with Gasteiger partial charge < -0.3 is 15.5 Å². The van der Waals surface area contributed by atoms with Gasteiger partial charge in [0.1, 0.15) is 0 Å². The van der Waals surface area contributed by atoms with Crippen LogP contribution < -0.4 is 5.32 Å². The van der Waals surface area contributed by atoms with Crippen LogP contribution in [0.5, 0.6) is 0 Å². The number of carbonyl (C=O) groups excluding carboxylic acids is 2. The van der Waals surface area contributed by atoms with E-state index < -0.39 is 12.1 Å². The number of nitrogens with one attached hydrogen (secondary N) is 1. The summed E-state index contributed by atoms with van der Waals surface area (Å²) in [7, 11) is 0. The number of aliphatic hydroxyl groups is 2. The van der Waals surface area contributed by atoms with Crippen LogP contribution in [-0.4, -0.2) is 40.7 Å². The number of carbonyl (C=O) groups is 2. The molecule has 0 aromatic carbocycles. The zero-order valence-electron chi connectivity index (χ0n) is 27.4. The molecular formula is C38H63NO4. The maximum atomic E-state index is 12.3. The van der Waals surface area contributed by atoms with Gasteiger partial charge in [-0.2, -0.15) is 0 Å². The molecule has 0 rings (SSSR count). The summed E-state index contributed by atoms with van der Waals surface area (Å²) in [4.78, 5) is 23.9. The minimum Gasteiger partial charge on any atom is -0.394 e. The molecule has 43 heavy (non-hydrogen) atoms. The van der Waals surface area contributed by atoms with Gasteiger partial charge in [-0.25, -0.2) is 0 Å². The molecular weight excluding hydrogens is 534 g/mol. The zero-order chi connectivity index (χ0) is 31.6. The van der Waals surface area contributed by atoms with Crippen molar-refractivity contribution < 1.29 is 19.8 Å². The molecule has 1 amide bonds. The van der Waals surface area contributed by atoms with Gasteiger partial charge in [0.15, 0.2) is 5.78 Å². The number of unbranched alkanes of at least 4 members (excludes halogenated alkanes) is 11. The largest absolute Gasteiger partial charge is 0.394 e. The molecule has 5 nitrogen and oxygen atoms in total. The fourth-order valence-electron chi connectivity index (χ4n) is 4.42.